The fourth-order valence-corrected chi connectivity index (χ4v) is 4.03. The van der Waals surface area contributed by atoms with E-state index in [-0.39, 0.29) is 11.6 Å². The average Bonchev–Trinajstić information content (AvgIpc) is 3.45. The average molecular weight is 412 g/mol. The molecular weight excluding hydrogens is 392 g/mol. The van der Waals surface area contributed by atoms with E-state index in [4.69, 9.17) is 4.42 Å². The maximum Gasteiger partial charge on any atom is 0.292 e. The molecule has 1 saturated heterocycles. The summed E-state index contributed by atoms with van der Waals surface area (Å²) in [6.45, 7) is 2.94. The molecule has 9 heteroatoms. The number of benzene rings is 1. The molecule has 0 radical (unpaired) electrons. The van der Waals surface area contributed by atoms with E-state index >= 15 is 0 Å². The van der Waals surface area contributed by atoms with E-state index in [2.05, 4.69) is 10.2 Å². The first-order valence-corrected chi connectivity index (χ1v) is 10.1. The largest absolute Gasteiger partial charge is 0.467 e. The van der Waals surface area contributed by atoms with Crippen molar-refractivity contribution in [2.75, 3.05) is 36.4 Å². The molecule has 1 aliphatic heterocycles. The molecule has 1 aliphatic rings. The summed E-state index contributed by atoms with van der Waals surface area (Å²) in [6.07, 6.45) is 1.57. The van der Waals surface area contributed by atoms with Gasteiger partial charge in [0.25, 0.3) is 11.6 Å². The molecular formula is C20H20N4O4S. The molecule has 1 N–H and O–H groups in total. The van der Waals surface area contributed by atoms with E-state index in [0.29, 0.717) is 44.2 Å². The lowest BCUT2D eigenvalue weighted by Crippen LogP contribution is -2.48. The lowest BCUT2D eigenvalue weighted by molar-refractivity contribution is -0.384. The first-order valence-electron chi connectivity index (χ1n) is 9.24. The Labute approximate surface area is 171 Å². The molecule has 1 amide bonds. The molecule has 0 spiro atoms. The second-order valence-corrected chi connectivity index (χ2v) is 7.60. The van der Waals surface area contributed by atoms with E-state index < -0.39 is 4.92 Å². The van der Waals surface area contributed by atoms with Gasteiger partial charge in [-0.1, -0.05) is 6.07 Å². The number of anilines is 2. The third-order valence-corrected chi connectivity index (χ3v) is 5.73. The first-order chi connectivity index (χ1) is 14.1. The van der Waals surface area contributed by atoms with Gasteiger partial charge in [-0.25, -0.2) is 0 Å². The normalized spacial score (nSPS) is 14.1. The summed E-state index contributed by atoms with van der Waals surface area (Å²) >= 11 is 1.45. The highest BCUT2D eigenvalue weighted by Gasteiger charge is 2.24. The van der Waals surface area contributed by atoms with Gasteiger partial charge in [-0.3, -0.25) is 14.9 Å². The number of nitrogens with one attached hydrogen (secondary N) is 1. The minimum atomic E-state index is -0.397. The Morgan fingerprint density at radius 1 is 1.17 bits per heavy atom. The zero-order chi connectivity index (χ0) is 20.2. The Morgan fingerprint density at radius 3 is 2.66 bits per heavy atom. The number of furan rings is 1. The van der Waals surface area contributed by atoms with Crippen LogP contribution in [0.4, 0.5) is 17.1 Å². The van der Waals surface area contributed by atoms with Crippen LogP contribution in [0.15, 0.2) is 58.5 Å². The van der Waals surface area contributed by atoms with Crippen LogP contribution in [0.2, 0.25) is 0 Å². The molecule has 3 heterocycles. The Bertz CT molecular complexity index is 980. The third kappa shape index (κ3) is 4.24. The predicted octanol–water partition coefficient (Wildman–Crippen LogP) is 3.82. The molecule has 1 fully saturated rings. The van der Waals surface area contributed by atoms with Crippen LogP contribution < -0.4 is 10.2 Å². The first kappa shape index (κ1) is 19.0. The summed E-state index contributed by atoms with van der Waals surface area (Å²) in [6, 6.07) is 12.4. The maximum absolute atomic E-state index is 12.5. The van der Waals surface area contributed by atoms with Crippen LogP contribution in [0, 0.1) is 10.1 Å². The van der Waals surface area contributed by atoms with Crippen molar-refractivity contribution in [3.05, 3.63) is 74.9 Å². The van der Waals surface area contributed by atoms with Crippen LogP contribution in [0.3, 0.4) is 0 Å². The second-order valence-electron chi connectivity index (χ2n) is 6.65. The summed E-state index contributed by atoms with van der Waals surface area (Å²) < 4.78 is 5.29. The zero-order valence-corrected chi connectivity index (χ0v) is 16.4. The summed E-state index contributed by atoms with van der Waals surface area (Å²) in [5, 5.41) is 16.4. The van der Waals surface area contributed by atoms with Crippen LogP contribution in [0.5, 0.6) is 0 Å². The lowest BCUT2D eigenvalue weighted by Gasteiger charge is -2.36. The van der Waals surface area contributed by atoms with Gasteiger partial charge in [-0.2, -0.15) is 0 Å². The van der Waals surface area contributed by atoms with Crippen LogP contribution in [0.25, 0.3) is 0 Å². The standard InChI is InChI=1S/C20H20N4O4S/c25-20(19-4-2-12-29-19)23-9-7-22(8-10-23)15-5-6-18(24(26)27)17(13-15)21-14-16-3-1-11-28-16/h1-6,11-13,21H,7-10,14H2. The van der Waals surface area contributed by atoms with Crippen molar-refractivity contribution in [2.24, 2.45) is 0 Å². The molecule has 4 rings (SSSR count). The number of carbonyl (C=O) groups excluding carboxylic acids is 1. The number of nitro benzene ring substituents is 1. The van der Waals surface area contributed by atoms with Gasteiger partial charge in [0, 0.05) is 37.9 Å². The van der Waals surface area contributed by atoms with Crippen LogP contribution >= 0.6 is 11.3 Å². The number of amides is 1. The molecule has 0 unspecified atom stereocenters. The number of nitro groups is 1. The van der Waals surface area contributed by atoms with Gasteiger partial charge < -0.3 is 19.5 Å². The predicted molar refractivity (Wildman–Crippen MR) is 112 cm³/mol. The number of hydrogen-bond acceptors (Lipinski definition) is 7. The quantitative estimate of drug-likeness (QED) is 0.489. The van der Waals surface area contributed by atoms with Crippen molar-refractivity contribution in [1.29, 1.82) is 0 Å². The Balaban J connectivity index is 1.45. The highest BCUT2D eigenvalue weighted by molar-refractivity contribution is 7.12. The van der Waals surface area contributed by atoms with E-state index in [1.54, 1.807) is 24.5 Å². The summed E-state index contributed by atoms with van der Waals surface area (Å²) in [5.41, 5.74) is 1.36. The van der Waals surface area contributed by atoms with Gasteiger partial charge >= 0.3 is 0 Å². The van der Waals surface area contributed by atoms with Crippen LogP contribution in [-0.4, -0.2) is 41.9 Å². The number of thiophene rings is 1. The fraction of sp³-hybridized carbons (Fsp3) is 0.250. The van der Waals surface area contributed by atoms with Gasteiger partial charge in [-0.05, 0) is 35.7 Å². The highest BCUT2D eigenvalue weighted by Crippen LogP contribution is 2.30. The van der Waals surface area contributed by atoms with Gasteiger partial charge in [0.1, 0.15) is 11.4 Å². The minimum absolute atomic E-state index is 0.0202. The van der Waals surface area contributed by atoms with Gasteiger partial charge in [0.2, 0.25) is 0 Å². The van der Waals surface area contributed by atoms with E-state index in [1.165, 1.54) is 17.4 Å². The van der Waals surface area contributed by atoms with Crippen molar-refractivity contribution >= 4 is 34.3 Å². The fourth-order valence-electron chi connectivity index (χ4n) is 3.34. The maximum atomic E-state index is 12.5. The molecule has 150 valence electrons. The summed E-state index contributed by atoms with van der Waals surface area (Å²) in [4.78, 5) is 28.2. The Kier molecular flexibility index (Phi) is 5.48. The molecule has 0 saturated carbocycles. The van der Waals surface area contributed by atoms with Crippen LogP contribution in [0.1, 0.15) is 15.4 Å². The molecule has 8 nitrogen and oxygen atoms in total. The number of nitrogens with zero attached hydrogens (tertiary/aromatic N) is 3. The highest BCUT2D eigenvalue weighted by atomic mass is 32.1. The molecule has 3 aromatic rings. The van der Waals surface area contributed by atoms with E-state index in [0.717, 1.165) is 10.6 Å². The smallest absolute Gasteiger partial charge is 0.292 e. The number of carbonyl (C=O) groups is 1. The monoisotopic (exact) mass is 412 g/mol. The lowest BCUT2D eigenvalue weighted by atomic mass is 10.2. The molecule has 1 aromatic carbocycles. The second kappa shape index (κ2) is 8.36. The van der Waals surface area contributed by atoms with Crippen molar-refractivity contribution < 1.29 is 14.1 Å². The summed E-state index contributed by atoms with van der Waals surface area (Å²) in [5.74, 6) is 0.759. The molecule has 0 bridgehead atoms. The summed E-state index contributed by atoms with van der Waals surface area (Å²) in [7, 11) is 0. The van der Waals surface area contributed by atoms with Gasteiger partial charge in [-0.15, -0.1) is 11.3 Å². The van der Waals surface area contributed by atoms with Crippen molar-refractivity contribution in [2.45, 2.75) is 6.54 Å². The topological polar surface area (TPSA) is 91.9 Å². The van der Waals surface area contributed by atoms with Crippen molar-refractivity contribution in [3.8, 4) is 0 Å². The van der Waals surface area contributed by atoms with Crippen molar-refractivity contribution in [1.82, 2.24) is 4.90 Å². The van der Waals surface area contributed by atoms with E-state index in [9.17, 15) is 14.9 Å². The number of piperazine rings is 1. The zero-order valence-electron chi connectivity index (χ0n) is 15.6. The molecule has 0 aliphatic carbocycles. The molecule has 29 heavy (non-hydrogen) atoms. The Morgan fingerprint density at radius 2 is 2.00 bits per heavy atom. The third-order valence-electron chi connectivity index (χ3n) is 4.87. The van der Waals surface area contributed by atoms with Gasteiger partial charge in [0.15, 0.2) is 0 Å². The number of hydrogen-bond donors (Lipinski definition) is 1. The van der Waals surface area contributed by atoms with E-state index in [1.807, 2.05) is 28.5 Å². The molecule has 0 atom stereocenters. The van der Waals surface area contributed by atoms with Crippen molar-refractivity contribution in [3.63, 3.8) is 0 Å². The minimum Gasteiger partial charge on any atom is -0.467 e. The number of rotatable bonds is 6. The Hall–Kier alpha value is -3.33. The molecule has 2 aromatic heterocycles. The van der Waals surface area contributed by atoms with Crippen LogP contribution in [-0.2, 0) is 6.54 Å². The van der Waals surface area contributed by atoms with Gasteiger partial charge in [0.05, 0.1) is 22.6 Å². The SMILES string of the molecule is O=C(c1cccs1)N1CCN(c2ccc([N+](=O)[O-])c(NCc3ccco3)c2)CC1.